The lowest BCUT2D eigenvalue weighted by Crippen LogP contribution is -2.28. The number of carbonyl (C=O) groups is 1. The molecule has 2 aromatic heterocycles. The van der Waals surface area contributed by atoms with Crippen LogP contribution in [0.3, 0.4) is 0 Å². The van der Waals surface area contributed by atoms with Crippen LogP contribution >= 0.6 is 0 Å². The Balaban J connectivity index is 1.55. The number of anilines is 1. The summed E-state index contributed by atoms with van der Waals surface area (Å²) in [6.07, 6.45) is 3.58. The zero-order valence-electron chi connectivity index (χ0n) is 14.3. The fourth-order valence-electron chi connectivity index (χ4n) is 2.55. The van der Waals surface area contributed by atoms with Gasteiger partial charge in [0.2, 0.25) is 0 Å². The molecule has 130 valence electrons. The smallest absolute Gasteiger partial charge is 0.320 e. The maximum absolute atomic E-state index is 12.0. The number of rotatable bonds is 6. The molecule has 0 aliphatic carbocycles. The Labute approximate surface area is 146 Å². The lowest BCUT2D eigenvalue weighted by molar-refractivity contribution is 0.157. The molecule has 1 aromatic carbocycles. The molecule has 0 aliphatic heterocycles. The second-order valence-corrected chi connectivity index (χ2v) is 5.82. The Kier molecular flexibility index (Phi) is 5.25. The van der Waals surface area contributed by atoms with Gasteiger partial charge in [0, 0.05) is 37.5 Å². The molecular weight excluding hydrogens is 318 g/mol. The van der Waals surface area contributed by atoms with Crippen molar-refractivity contribution < 1.29 is 9.53 Å². The third kappa shape index (κ3) is 4.33. The van der Waals surface area contributed by atoms with Crippen molar-refractivity contribution in [1.82, 2.24) is 20.1 Å². The minimum atomic E-state index is -0.295. The zero-order chi connectivity index (χ0) is 17.6. The van der Waals surface area contributed by atoms with Gasteiger partial charge in [-0.1, -0.05) is 12.1 Å². The average Bonchev–Trinajstić information content (AvgIpc) is 3.08. The number of urea groups is 1. The topological polar surface area (TPSA) is 81.1 Å². The minimum absolute atomic E-state index is 0.106. The van der Waals surface area contributed by atoms with E-state index >= 15 is 0 Å². The number of aromatic nitrogens is 3. The number of ether oxygens (including phenoxy) is 1. The number of methoxy groups -OCH3 is 1. The Morgan fingerprint density at radius 1 is 1.32 bits per heavy atom. The molecule has 0 saturated carbocycles. The van der Waals surface area contributed by atoms with Crippen molar-refractivity contribution in [2.75, 3.05) is 19.0 Å². The fraction of sp³-hybridized carbons (Fsp3) is 0.278. The van der Waals surface area contributed by atoms with E-state index in [2.05, 4.69) is 20.7 Å². The van der Waals surface area contributed by atoms with Crippen molar-refractivity contribution >= 4 is 22.8 Å². The first-order chi connectivity index (χ1) is 12.2. The Bertz CT molecular complexity index is 861. The quantitative estimate of drug-likeness (QED) is 0.723. The second kappa shape index (κ2) is 7.76. The van der Waals surface area contributed by atoms with Gasteiger partial charge in [-0.25, -0.2) is 4.79 Å². The monoisotopic (exact) mass is 339 g/mol. The molecular formula is C18H21N5O2. The van der Waals surface area contributed by atoms with E-state index in [9.17, 15) is 4.79 Å². The maximum atomic E-state index is 12.0. The van der Waals surface area contributed by atoms with Gasteiger partial charge in [0.1, 0.15) is 0 Å². The van der Waals surface area contributed by atoms with Gasteiger partial charge in [-0.15, -0.1) is 0 Å². The normalized spacial score (nSPS) is 12.1. The summed E-state index contributed by atoms with van der Waals surface area (Å²) < 4.78 is 6.86. The van der Waals surface area contributed by atoms with Gasteiger partial charge in [-0.2, -0.15) is 5.10 Å². The summed E-state index contributed by atoms with van der Waals surface area (Å²) in [5.74, 6) is 0.503. The van der Waals surface area contributed by atoms with Gasteiger partial charge < -0.3 is 10.1 Å². The Morgan fingerprint density at radius 2 is 2.20 bits per heavy atom. The van der Waals surface area contributed by atoms with Crippen molar-refractivity contribution in [2.24, 2.45) is 0 Å². The number of carbonyl (C=O) groups excluding carboxylic acids is 1. The second-order valence-electron chi connectivity index (χ2n) is 5.82. The summed E-state index contributed by atoms with van der Waals surface area (Å²) in [7, 11) is 1.65. The Morgan fingerprint density at radius 3 is 3.04 bits per heavy atom. The van der Waals surface area contributed by atoms with E-state index < -0.39 is 0 Å². The first kappa shape index (κ1) is 16.9. The minimum Gasteiger partial charge on any atom is -0.382 e. The average molecular weight is 339 g/mol. The van der Waals surface area contributed by atoms with E-state index in [1.165, 1.54) is 0 Å². The highest BCUT2D eigenvalue weighted by atomic mass is 16.5. The van der Waals surface area contributed by atoms with Crippen LogP contribution in [-0.2, 0) is 11.3 Å². The van der Waals surface area contributed by atoms with Crippen LogP contribution in [0.2, 0.25) is 0 Å². The zero-order valence-corrected chi connectivity index (χ0v) is 14.3. The third-order valence-corrected chi connectivity index (χ3v) is 3.83. The first-order valence-electron chi connectivity index (χ1n) is 8.08. The molecule has 0 radical (unpaired) electrons. The standard InChI is InChI=1S/C18H21N5O2/c1-13(12-25-2)23-9-7-17(22-23)21-18(24)20-11-14-5-6-16-15(10-14)4-3-8-19-16/h3-10,13H,11-12H2,1-2H3,(H2,20,21,22,24). The molecule has 2 N–H and O–H groups in total. The van der Waals surface area contributed by atoms with Crippen LogP contribution < -0.4 is 10.6 Å². The van der Waals surface area contributed by atoms with Crippen LogP contribution in [0.4, 0.5) is 10.6 Å². The molecule has 3 aromatic rings. The van der Waals surface area contributed by atoms with Crippen LogP contribution in [0.25, 0.3) is 10.9 Å². The summed E-state index contributed by atoms with van der Waals surface area (Å²) in [6.45, 7) is 2.98. The molecule has 1 unspecified atom stereocenters. The molecule has 2 heterocycles. The van der Waals surface area contributed by atoms with Crippen LogP contribution in [-0.4, -0.2) is 34.5 Å². The van der Waals surface area contributed by atoms with E-state index in [1.807, 2.05) is 43.5 Å². The van der Waals surface area contributed by atoms with E-state index in [0.29, 0.717) is 19.0 Å². The lowest BCUT2D eigenvalue weighted by atomic mass is 10.1. The van der Waals surface area contributed by atoms with Gasteiger partial charge in [-0.05, 0) is 30.7 Å². The molecule has 7 nitrogen and oxygen atoms in total. The number of nitrogens with one attached hydrogen (secondary N) is 2. The molecule has 0 bridgehead atoms. The molecule has 0 aliphatic rings. The predicted molar refractivity (Wildman–Crippen MR) is 96.4 cm³/mol. The van der Waals surface area contributed by atoms with Gasteiger partial charge in [-0.3, -0.25) is 15.0 Å². The highest BCUT2D eigenvalue weighted by molar-refractivity contribution is 5.88. The van der Waals surface area contributed by atoms with E-state index in [-0.39, 0.29) is 12.1 Å². The molecule has 2 amide bonds. The van der Waals surface area contributed by atoms with E-state index in [0.717, 1.165) is 16.5 Å². The summed E-state index contributed by atoms with van der Waals surface area (Å²) in [5, 5.41) is 10.9. The molecule has 3 rings (SSSR count). The van der Waals surface area contributed by atoms with Gasteiger partial charge >= 0.3 is 6.03 Å². The molecule has 0 fully saturated rings. The molecule has 1 atom stereocenters. The predicted octanol–water partition coefficient (Wildman–Crippen LogP) is 2.96. The van der Waals surface area contributed by atoms with Crippen LogP contribution in [0.15, 0.2) is 48.8 Å². The summed E-state index contributed by atoms with van der Waals surface area (Å²) in [4.78, 5) is 16.3. The van der Waals surface area contributed by atoms with Crippen molar-refractivity contribution in [3.63, 3.8) is 0 Å². The highest BCUT2D eigenvalue weighted by Gasteiger charge is 2.08. The maximum Gasteiger partial charge on any atom is 0.320 e. The van der Waals surface area contributed by atoms with Gasteiger partial charge in [0.25, 0.3) is 0 Å². The summed E-state index contributed by atoms with van der Waals surface area (Å²) in [5.41, 5.74) is 1.95. The van der Waals surface area contributed by atoms with Crippen molar-refractivity contribution in [2.45, 2.75) is 19.5 Å². The van der Waals surface area contributed by atoms with Crippen LogP contribution in [0.1, 0.15) is 18.5 Å². The third-order valence-electron chi connectivity index (χ3n) is 3.83. The van der Waals surface area contributed by atoms with Crippen molar-refractivity contribution in [3.8, 4) is 0 Å². The molecule has 0 saturated heterocycles. The number of amides is 2. The Hall–Kier alpha value is -2.93. The largest absolute Gasteiger partial charge is 0.382 e. The first-order valence-corrected chi connectivity index (χ1v) is 8.08. The van der Waals surface area contributed by atoms with Gasteiger partial charge in [0.15, 0.2) is 5.82 Å². The number of benzene rings is 1. The molecule has 25 heavy (non-hydrogen) atoms. The lowest BCUT2D eigenvalue weighted by Gasteiger charge is -2.10. The summed E-state index contributed by atoms with van der Waals surface area (Å²) >= 11 is 0. The molecule has 0 spiro atoms. The number of hydrogen-bond donors (Lipinski definition) is 2. The van der Waals surface area contributed by atoms with E-state index in [4.69, 9.17) is 4.74 Å². The highest BCUT2D eigenvalue weighted by Crippen LogP contribution is 2.13. The van der Waals surface area contributed by atoms with E-state index in [1.54, 1.807) is 24.1 Å². The van der Waals surface area contributed by atoms with Crippen LogP contribution in [0, 0.1) is 0 Å². The fourth-order valence-corrected chi connectivity index (χ4v) is 2.55. The molecule has 7 heteroatoms. The van der Waals surface area contributed by atoms with Gasteiger partial charge in [0.05, 0.1) is 18.2 Å². The number of hydrogen-bond acceptors (Lipinski definition) is 4. The number of pyridine rings is 1. The number of nitrogens with zero attached hydrogens (tertiary/aromatic N) is 3. The van der Waals surface area contributed by atoms with Crippen molar-refractivity contribution in [3.05, 3.63) is 54.4 Å². The van der Waals surface area contributed by atoms with Crippen molar-refractivity contribution in [1.29, 1.82) is 0 Å². The number of fused-ring (bicyclic) bond motifs is 1. The van der Waals surface area contributed by atoms with Crippen LogP contribution in [0.5, 0.6) is 0 Å². The SMILES string of the molecule is COCC(C)n1ccc(NC(=O)NCc2ccc3ncccc3c2)n1. The summed E-state index contributed by atoms with van der Waals surface area (Å²) in [6, 6.07) is 11.4.